The zero-order valence-electron chi connectivity index (χ0n) is 10.8. The van der Waals surface area contributed by atoms with Crippen LogP contribution in [0.25, 0.3) is 0 Å². The van der Waals surface area contributed by atoms with Crippen LogP contribution in [0.15, 0.2) is 11.6 Å². The smallest absolute Gasteiger partial charge is 0.417 e. The second-order valence-electron chi connectivity index (χ2n) is 5.03. The number of hydrogen-bond acceptors (Lipinski definition) is 4. The zero-order chi connectivity index (χ0) is 14.1. The summed E-state index contributed by atoms with van der Waals surface area (Å²) in [6.07, 6.45) is -2.25. The Kier molecular flexibility index (Phi) is 3.88. The fraction of sp³-hybridized carbons (Fsp3) is 0.583. The molecule has 1 aliphatic rings. The maximum atomic E-state index is 13.7. The minimum Gasteiger partial charge on any atom is -0.447 e. The van der Waals surface area contributed by atoms with Gasteiger partial charge in [-0.1, -0.05) is 5.57 Å². The third kappa shape index (κ3) is 2.75. The number of amides is 2. The van der Waals surface area contributed by atoms with E-state index >= 15 is 0 Å². The summed E-state index contributed by atoms with van der Waals surface area (Å²) in [5.74, 6) is -2.14. The first-order valence-corrected chi connectivity index (χ1v) is 5.50. The predicted octanol–water partition coefficient (Wildman–Crippen LogP) is 1.62. The summed E-state index contributed by atoms with van der Waals surface area (Å²) < 4.78 is 18.4. The summed E-state index contributed by atoms with van der Waals surface area (Å²) in [4.78, 5) is 35.2. The van der Waals surface area contributed by atoms with Gasteiger partial charge >= 0.3 is 6.09 Å². The van der Waals surface area contributed by atoms with E-state index in [0.29, 0.717) is 10.5 Å². The highest BCUT2D eigenvalue weighted by Gasteiger charge is 2.47. The number of ether oxygens (including phenoxy) is 1. The third-order valence-corrected chi connectivity index (χ3v) is 2.45. The number of nitrogens with zero attached hydrogens (tertiary/aromatic N) is 1. The molecule has 0 aliphatic carbocycles. The molecule has 0 saturated carbocycles. The SMILES string of the molecule is CC(C)=CC(=O)C(F)C(=O)N1C(=O)OCC1(C)C. The molecule has 1 saturated heterocycles. The Labute approximate surface area is 105 Å². The average Bonchev–Trinajstić information content (AvgIpc) is 2.50. The fourth-order valence-electron chi connectivity index (χ4n) is 1.60. The Morgan fingerprint density at radius 1 is 1.44 bits per heavy atom. The van der Waals surface area contributed by atoms with Crippen LogP contribution in [0.1, 0.15) is 27.7 Å². The number of rotatable bonds is 3. The minimum absolute atomic E-state index is 0.0128. The zero-order valence-corrected chi connectivity index (χ0v) is 10.8. The molecule has 0 bridgehead atoms. The van der Waals surface area contributed by atoms with E-state index < -0.39 is 29.5 Å². The highest BCUT2D eigenvalue weighted by molar-refractivity contribution is 6.13. The van der Waals surface area contributed by atoms with Crippen LogP contribution in [0.4, 0.5) is 9.18 Å². The number of cyclic esters (lactones) is 1. The number of imide groups is 1. The molecule has 1 rings (SSSR count). The lowest BCUT2D eigenvalue weighted by Crippen LogP contribution is -2.50. The van der Waals surface area contributed by atoms with Crippen molar-refractivity contribution in [2.24, 2.45) is 0 Å². The molecule has 6 heteroatoms. The van der Waals surface area contributed by atoms with Gasteiger partial charge in [0.2, 0.25) is 6.17 Å². The summed E-state index contributed by atoms with van der Waals surface area (Å²) in [6, 6.07) is 0. The van der Waals surface area contributed by atoms with E-state index in [9.17, 15) is 18.8 Å². The van der Waals surface area contributed by atoms with Crippen LogP contribution in [0, 0.1) is 0 Å². The Morgan fingerprint density at radius 2 is 2.00 bits per heavy atom. The number of hydrogen-bond donors (Lipinski definition) is 0. The monoisotopic (exact) mass is 257 g/mol. The Morgan fingerprint density at radius 3 is 2.39 bits per heavy atom. The van der Waals surface area contributed by atoms with Crippen molar-refractivity contribution in [1.29, 1.82) is 0 Å². The van der Waals surface area contributed by atoms with Crippen molar-refractivity contribution < 1.29 is 23.5 Å². The van der Waals surface area contributed by atoms with Gasteiger partial charge < -0.3 is 4.74 Å². The van der Waals surface area contributed by atoms with Gasteiger partial charge in [0.05, 0.1) is 5.54 Å². The summed E-state index contributed by atoms with van der Waals surface area (Å²) >= 11 is 0. The van der Waals surface area contributed by atoms with Crippen LogP contribution >= 0.6 is 0 Å². The molecule has 0 aromatic rings. The van der Waals surface area contributed by atoms with Gasteiger partial charge in [0.25, 0.3) is 5.91 Å². The van der Waals surface area contributed by atoms with Gasteiger partial charge in [0.15, 0.2) is 5.78 Å². The van der Waals surface area contributed by atoms with E-state index in [2.05, 4.69) is 4.74 Å². The van der Waals surface area contributed by atoms with Crippen molar-refractivity contribution in [3.8, 4) is 0 Å². The summed E-state index contributed by atoms with van der Waals surface area (Å²) in [5.41, 5.74) is -0.359. The van der Waals surface area contributed by atoms with E-state index in [4.69, 9.17) is 0 Å². The first-order chi connectivity index (χ1) is 8.16. The second-order valence-corrected chi connectivity index (χ2v) is 5.03. The van der Waals surface area contributed by atoms with Crippen molar-refractivity contribution in [3.63, 3.8) is 0 Å². The molecule has 1 unspecified atom stereocenters. The molecule has 100 valence electrons. The van der Waals surface area contributed by atoms with E-state index in [0.717, 1.165) is 6.08 Å². The fourth-order valence-corrected chi connectivity index (χ4v) is 1.60. The Hall–Kier alpha value is -1.72. The number of carbonyl (C=O) groups excluding carboxylic acids is 3. The third-order valence-electron chi connectivity index (χ3n) is 2.45. The minimum atomic E-state index is -2.37. The van der Waals surface area contributed by atoms with Crippen molar-refractivity contribution in [2.75, 3.05) is 6.61 Å². The largest absolute Gasteiger partial charge is 0.447 e. The maximum Gasteiger partial charge on any atom is 0.417 e. The molecule has 1 atom stereocenters. The molecule has 1 aliphatic heterocycles. The predicted molar refractivity (Wildman–Crippen MR) is 61.6 cm³/mol. The molecule has 1 heterocycles. The van der Waals surface area contributed by atoms with Gasteiger partial charge in [-0.2, -0.15) is 0 Å². The molecule has 0 N–H and O–H groups in total. The van der Waals surface area contributed by atoms with E-state index in [-0.39, 0.29) is 6.61 Å². The summed E-state index contributed by atoms with van der Waals surface area (Å²) in [5, 5.41) is 0. The van der Waals surface area contributed by atoms with Gasteiger partial charge in [-0.05, 0) is 33.8 Å². The number of carbonyl (C=O) groups is 3. The highest BCUT2D eigenvalue weighted by atomic mass is 19.1. The molecule has 2 amide bonds. The van der Waals surface area contributed by atoms with Crippen molar-refractivity contribution in [2.45, 2.75) is 39.4 Å². The first-order valence-electron chi connectivity index (χ1n) is 5.50. The molecular formula is C12H16FNO4. The number of allylic oxidation sites excluding steroid dienone is 2. The lowest BCUT2D eigenvalue weighted by Gasteiger charge is -2.26. The second kappa shape index (κ2) is 4.88. The Balaban J connectivity index is 2.91. The van der Waals surface area contributed by atoms with Gasteiger partial charge in [-0.25, -0.2) is 14.1 Å². The van der Waals surface area contributed by atoms with Crippen LogP contribution in [-0.4, -0.2) is 41.0 Å². The van der Waals surface area contributed by atoms with Gasteiger partial charge in [0.1, 0.15) is 6.61 Å². The summed E-state index contributed by atoms with van der Waals surface area (Å²) in [7, 11) is 0. The average molecular weight is 257 g/mol. The molecule has 5 nitrogen and oxygen atoms in total. The van der Waals surface area contributed by atoms with E-state index in [1.54, 1.807) is 27.7 Å². The van der Waals surface area contributed by atoms with Gasteiger partial charge in [-0.3, -0.25) is 9.59 Å². The molecule has 0 aromatic carbocycles. The quantitative estimate of drug-likeness (QED) is 0.569. The molecule has 0 spiro atoms. The Bertz CT molecular complexity index is 424. The molecule has 1 fully saturated rings. The molecule has 18 heavy (non-hydrogen) atoms. The van der Waals surface area contributed by atoms with Crippen LogP contribution in [-0.2, 0) is 14.3 Å². The topological polar surface area (TPSA) is 63.7 Å². The molecular weight excluding hydrogens is 241 g/mol. The van der Waals surface area contributed by atoms with Crippen LogP contribution < -0.4 is 0 Å². The molecule has 0 aromatic heterocycles. The molecule has 0 radical (unpaired) electrons. The van der Waals surface area contributed by atoms with Crippen molar-refractivity contribution >= 4 is 17.8 Å². The number of ketones is 1. The highest BCUT2D eigenvalue weighted by Crippen LogP contribution is 2.25. The van der Waals surface area contributed by atoms with Gasteiger partial charge in [0, 0.05) is 0 Å². The maximum absolute atomic E-state index is 13.7. The normalized spacial score (nSPS) is 19.2. The van der Waals surface area contributed by atoms with Crippen molar-refractivity contribution in [3.05, 3.63) is 11.6 Å². The van der Waals surface area contributed by atoms with Gasteiger partial charge in [-0.15, -0.1) is 0 Å². The summed E-state index contributed by atoms with van der Waals surface area (Å²) in [6.45, 7) is 6.34. The van der Waals surface area contributed by atoms with E-state index in [1.807, 2.05) is 0 Å². The first kappa shape index (κ1) is 14.3. The lowest BCUT2D eigenvalue weighted by atomic mass is 10.0. The van der Waals surface area contributed by atoms with Crippen molar-refractivity contribution in [1.82, 2.24) is 4.90 Å². The van der Waals surface area contributed by atoms with E-state index in [1.165, 1.54) is 0 Å². The number of halogens is 1. The standard InChI is InChI=1S/C12H16FNO4/c1-7(2)5-8(15)9(13)10(16)14-11(17)18-6-12(14,3)4/h5,9H,6H2,1-4H3. The lowest BCUT2D eigenvalue weighted by molar-refractivity contribution is -0.140. The van der Waals surface area contributed by atoms with Crippen LogP contribution in [0.2, 0.25) is 0 Å². The van der Waals surface area contributed by atoms with Crippen LogP contribution in [0.5, 0.6) is 0 Å². The van der Waals surface area contributed by atoms with Crippen LogP contribution in [0.3, 0.4) is 0 Å². The number of alkyl halides is 1.